The van der Waals surface area contributed by atoms with Gasteiger partial charge in [-0.2, -0.15) is 0 Å². The van der Waals surface area contributed by atoms with Gasteiger partial charge in [0.25, 0.3) is 0 Å². The van der Waals surface area contributed by atoms with Crippen molar-refractivity contribution in [3.63, 3.8) is 0 Å². The number of nitrogens with one attached hydrogen (secondary N) is 1. The maximum atomic E-state index is 13.1. The minimum Gasteiger partial charge on any atom is -0.457 e. The first-order chi connectivity index (χ1) is 9.56. The van der Waals surface area contributed by atoms with Crippen LogP contribution in [-0.2, 0) is 5.75 Å². The third-order valence-corrected chi connectivity index (χ3v) is 3.53. The molecule has 0 unspecified atom stereocenters. The number of rotatable bonds is 4. The fraction of sp³-hybridized carbons (Fsp3) is 0.0714. The molecule has 0 saturated carbocycles. The van der Waals surface area contributed by atoms with E-state index in [2.05, 4.69) is 0 Å². The molecule has 0 spiro atoms. The van der Waals surface area contributed by atoms with Gasteiger partial charge in [0.05, 0.1) is 5.02 Å². The van der Waals surface area contributed by atoms with E-state index in [0.717, 1.165) is 5.56 Å². The first-order valence-electron chi connectivity index (χ1n) is 5.74. The summed E-state index contributed by atoms with van der Waals surface area (Å²) in [4.78, 5) is 0. The summed E-state index contributed by atoms with van der Waals surface area (Å²) < 4.78 is 18.8. The zero-order valence-corrected chi connectivity index (χ0v) is 12.0. The van der Waals surface area contributed by atoms with Crippen molar-refractivity contribution in [3.8, 4) is 11.5 Å². The predicted molar refractivity (Wildman–Crippen MR) is 81.1 cm³/mol. The van der Waals surface area contributed by atoms with Crippen LogP contribution >= 0.6 is 23.4 Å². The zero-order valence-electron chi connectivity index (χ0n) is 10.4. The molecule has 0 bridgehead atoms. The summed E-state index contributed by atoms with van der Waals surface area (Å²) in [6, 6.07) is 11.6. The van der Waals surface area contributed by atoms with Crippen LogP contribution < -0.4 is 10.5 Å². The quantitative estimate of drug-likeness (QED) is 0.650. The van der Waals surface area contributed by atoms with Gasteiger partial charge < -0.3 is 10.5 Å². The number of hydrogen-bond donors (Lipinski definition) is 2. The summed E-state index contributed by atoms with van der Waals surface area (Å²) in [6.45, 7) is 0. The monoisotopic (exact) mass is 310 g/mol. The summed E-state index contributed by atoms with van der Waals surface area (Å²) in [6.07, 6.45) is 0. The lowest BCUT2D eigenvalue weighted by Crippen LogP contribution is -2.04. The third kappa shape index (κ3) is 3.88. The van der Waals surface area contributed by atoms with E-state index in [1.807, 2.05) is 18.2 Å². The second-order valence-corrected chi connectivity index (χ2v) is 5.36. The number of ether oxygens (including phenoxy) is 1. The van der Waals surface area contributed by atoms with E-state index < -0.39 is 5.82 Å². The summed E-state index contributed by atoms with van der Waals surface area (Å²) in [7, 11) is 0. The predicted octanol–water partition coefficient (Wildman–Crippen LogP) is 4.40. The minimum absolute atomic E-state index is 0.0121. The van der Waals surface area contributed by atoms with Crippen LogP contribution in [0.1, 0.15) is 5.56 Å². The van der Waals surface area contributed by atoms with Crippen LogP contribution in [0.3, 0.4) is 0 Å². The molecule has 104 valence electrons. The lowest BCUT2D eigenvalue weighted by molar-refractivity contribution is 0.476. The smallest absolute Gasteiger partial charge is 0.151 e. The molecule has 2 aromatic rings. The van der Waals surface area contributed by atoms with Crippen LogP contribution in [0.5, 0.6) is 11.5 Å². The van der Waals surface area contributed by atoms with Crippen LogP contribution in [0.2, 0.25) is 5.02 Å². The van der Waals surface area contributed by atoms with Gasteiger partial charge in [-0.3, -0.25) is 5.41 Å². The van der Waals surface area contributed by atoms with E-state index in [1.54, 1.807) is 6.07 Å². The lowest BCUT2D eigenvalue weighted by atomic mass is 10.2. The minimum atomic E-state index is -0.487. The van der Waals surface area contributed by atoms with Crippen LogP contribution in [0.25, 0.3) is 0 Å². The van der Waals surface area contributed by atoms with Gasteiger partial charge >= 0.3 is 0 Å². The fourth-order valence-electron chi connectivity index (χ4n) is 1.55. The number of benzene rings is 2. The van der Waals surface area contributed by atoms with Gasteiger partial charge in [-0.05, 0) is 18.2 Å². The normalized spacial score (nSPS) is 10.3. The highest BCUT2D eigenvalue weighted by molar-refractivity contribution is 8.13. The molecule has 0 aliphatic rings. The zero-order chi connectivity index (χ0) is 14.5. The van der Waals surface area contributed by atoms with Crippen molar-refractivity contribution in [2.75, 3.05) is 0 Å². The van der Waals surface area contributed by atoms with Crippen molar-refractivity contribution in [1.82, 2.24) is 0 Å². The van der Waals surface area contributed by atoms with Gasteiger partial charge in [-0.1, -0.05) is 41.6 Å². The Kier molecular flexibility index (Phi) is 4.87. The number of nitrogens with two attached hydrogens (primary N) is 1. The van der Waals surface area contributed by atoms with Gasteiger partial charge in [-0.15, -0.1) is 0 Å². The second-order valence-electron chi connectivity index (χ2n) is 3.94. The van der Waals surface area contributed by atoms with E-state index in [9.17, 15) is 4.39 Å². The van der Waals surface area contributed by atoms with Gasteiger partial charge in [0.2, 0.25) is 0 Å². The standard InChI is InChI=1S/C14H12ClFN2OS/c15-11-7-10(5-6-12(11)16)19-13-4-2-1-3-9(13)8-20-14(17)18/h1-7H,8H2,(H3,17,18). The molecule has 0 aliphatic carbocycles. The molecule has 0 amide bonds. The number of hydrogen-bond acceptors (Lipinski definition) is 3. The van der Waals surface area contributed by atoms with E-state index in [4.69, 9.17) is 27.5 Å². The Balaban J connectivity index is 2.19. The SMILES string of the molecule is N=C(N)SCc1ccccc1Oc1ccc(F)c(Cl)c1. The van der Waals surface area contributed by atoms with Crippen molar-refractivity contribution in [1.29, 1.82) is 5.41 Å². The number of halogens is 2. The average Bonchev–Trinajstić information content (AvgIpc) is 2.42. The maximum absolute atomic E-state index is 13.1. The number of thioether (sulfide) groups is 1. The number of para-hydroxylation sites is 1. The van der Waals surface area contributed by atoms with Gasteiger partial charge in [0.1, 0.15) is 17.3 Å². The molecule has 0 saturated heterocycles. The molecule has 0 heterocycles. The fourth-order valence-corrected chi connectivity index (χ4v) is 2.27. The highest BCUT2D eigenvalue weighted by Crippen LogP contribution is 2.30. The van der Waals surface area contributed by atoms with E-state index in [-0.39, 0.29) is 10.2 Å². The van der Waals surface area contributed by atoms with Crippen molar-refractivity contribution < 1.29 is 9.13 Å². The molecule has 0 fully saturated rings. The van der Waals surface area contributed by atoms with Gasteiger partial charge in [0.15, 0.2) is 5.17 Å². The molecule has 0 aliphatic heterocycles. The van der Waals surface area contributed by atoms with E-state index in [1.165, 1.54) is 30.0 Å². The lowest BCUT2D eigenvalue weighted by Gasteiger charge is -2.11. The molecule has 2 aromatic carbocycles. The first-order valence-corrected chi connectivity index (χ1v) is 7.10. The number of amidine groups is 1. The Morgan fingerprint density at radius 1 is 1.30 bits per heavy atom. The summed E-state index contributed by atoms with van der Waals surface area (Å²) in [5, 5.41) is 7.29. The Bertz CT molecular complexity index is 636. The summed E-state index contributed by atoms with van der Waals surface area (Å²) in [5.41, 5.74) is 6.22. The van der Waals surface area contributed by atoms with Crippen molar-refractivity contribution in [2.24, 2.45) is 5.73 Å². The maximum Gasteiger partial charge on any atom is 0.151 e. The molecule has 0 atom stereocenters. The average molecular weight is 311 g/mol. The Morgan fingerprint density at radius 2 is 2.05 bits per heavy atom. The van der Waals surface area contributed by atoms with E-state index in [0.29, 0.717) is 17.3 Å². The highest BCUT2D eigenvalue weighted by Gasteiger charge is 2.07. The van der Waals surface area contributed by atoms with Crippen molar-refractivity contribution in [2.45, 2.75) is 5.75 Å². The molecule has 2 rings (SSSR count). The highest BCUT2D eigenvalue weighted by atomic mass is 35.5. The van der Waals surface area contributed by atoms with Crippen LogP contribution in [0, 0.1) is 11.2 Å². The second kappa shape index (κ2) is 6.63. The largest absolute Gasteiger partial charge is 0.457 e. The Labute approximate surface area is 125 Å². The van der Waals surface area contributed by atoms with Gasteiger partial charge in [0, 0.05) is 17.4 Å². The van der Waals surface area contributed by atoms with Crippen LogP contribution in [0.4, 0.5) is 4.39 Å². The molecular weight excluding hydrogens is 299 g/mol. The molecule has 3 N–H and O–H groups in total. The summed E-state index contributed by atoms with van der Waals surface area (Å²) in [5.74, 6) is 1.13. The molecule has 6 heteroatoms. The molecule has 0 radical (unpaired) electrons. The van der Waals surface area contributed by atoms with Crippen molar-refractivity contribution >= 4 is 28.5 Å². The summed E-state index contributed by atoms with van der Waals surface area (Å²) >= 11 is 6.93. The Morgan fingerprint density at radius 3 is 2.75 bits per heavy atom. The van der Waals surface area contributed by atoms with Gasteiger partial charge in [-0.25, -0.2) is 4.39 Å². The first kappa shape index (κ1) is 14.7. The van der Waals surface area contributed by atoms with Crippen molar-refractivity contribution in [3.05, 3.63) is 58.9 Å². The third-order valence-electron chi connectivity index (χ3n) is 2.47. The van der Waals surface area contributed by atoms with E-state index >= 15 is 0 Å². The molecule has 0 aromatic heterocycles. The van der Waals surface area contributed by atoms with Crippen LogP contribution in [-0.4, -0.2) is 5.17 Å². The topological polar surface area (TPSA) is 59.1 Å². The molecular formula is C14H12ClFN2OS. The Hall–Kier alpha value is -1.72. The van der Waals surface area contributed by atoms with Crippen LogP contribution in [0.15, 0.2) is 42.5 Å². The molecule has 3 nitrogen and oxygen atoms in total. The molecule has 20 heavy (non-hydrogen) atoms.